The Morgan fingerprint density at radius 2 is 1.62 bits per heavy atom. The summed E-state index contributed by atoms with van der Waals surface area (Å²) in [4.78, 5) is 2.05. The summed E-state index contributed by atoms with van der Waals surface area (Å²) < 4.78 is 38.8. The van der Waals surface area contributed by atoms with Gasteiger partial charge in [0.1, 0.15) is 0 Å². The van der Waals surface area contributed by atoms with Crippen LogP contribution in [-0.2, 0) is 9.47 Å². The van der Waals surface area contributed by atoms with Gasteiger partial charge in [-0.3, -0.25) is 4.90 Å². The maximum absolute atomic E-state index is 13.3. The van der Waals surface area contributed by atoms with Crippen molar-refractivity contribution in [1.82, 2.24) is 4.90 Å². The number of nitrogens with zero attached hydrogens (tertiary/aromatic N) is 1. The van der Waals surface area contributed by atoms with Crippen LogP contribution in [-0.4, -0.2) is 55.9 Å². The molecule has 0 aliphatic carbocycles. The highest BCUT2D eigenvalue weighted by molar-refractivity contribution is 4.95. The lowest BCUT2D eigenvalue weighted by Gasteiger charge is -2.49. The minimum Gasteiger partial charge on any atom is -0.378 e. The maximum Gasteiger partial charge on any atom is 0.251 e. The fraction of sp³-hybridized carbons (Fsp3) is 1.00. The van der Waals surface area contributed by atoms with Crippen LogP contribution in [0.3, 0.4) is 0 Å². The van der Waals surface area contributed by atoms with E-state index >= 15 is 0 Å². The smallest absolute Gasteiger partial charge is 0.251 e. The standard InChI is InChI=1S/C19H35F2NO2/c1-11(2)17-18(12(3)4)22(8-16(20)21)7-14-9-23-10-15(14)24-19(17)13(5)6/h11-19H,7-10H2,1-6H3. The van der Waals surface area contributed by atoms with E-state index in [9.17, 15) is 8.78 Å². The Hall–Kier alpha value is -0.260. The van der Waals surface area contributed by atoms with E-state index in [1.165, 1.54) is 0 Å². The summed E-state index contributed by atoms with van der Waals surface area (Å²) in [5.41, 5.74) is 0. The largest absolute Gasteiger partial charge is 0.378 e. The molecule has 2 saturated heterocycles. The van der Waals surface area contributed by atoms with Gasteiger partial charge < -0.3 is 9.47 Å². The van der Waals surface area contributed by atoms with Crippen molar-refractivity contribution < 1.29 is 18.3 Å². The number of hydrogen-bond donors (Lipinski definition) is 0. The molecule has 0 spiro atoms. The number of ether oxygens (including phenoxy) is 2. The molecule has 0 aromatic rings. The molecule has 2 fully saturated rings. The van der Waals surface area contributed by atoms with Crippen LogP contribution in [0.4, 0.5) is 8.78 Å². The van der Waals surface area contributed by atoms with Gasteiger partial charge in [-0.15, -0.1) is 0 Å². The predicted molar refractivity (Wildman–Crippen MR) is 92.3 cm³/mol. The summed E-state index contributed by atoms with van der Waals surface area (Å²) in [6.07, 6.45) is -2.20. The summed E-state index contributed by atoms with van der Waals surface area (Å²) in [6, 6.07) is 0.105. The fourth-order valence-electron chi connectivity index (χ4n) is 4.67. The lowest BCUT2D eigenvalue weighted by atomic mass is 9.74. The van der Waals surface area contributed by atoms with E-state index in [2.05, 4.69) is 41.5 Å². The molecule has 142 valence electrons. The van der Waals surface area contributed by atoms with E-state index in [0.717, 1.165) is 0 Å². The van der Waals surface area contributed by atoms with Gasteiger partial charge in [-0.25, -0.2) is 8.78 Å². The molecule has 2 heterocycles. The third-order valence-corrected chi connectivity index (χ3v) is 5.62. The molecule has 0 radical (unpaired) electrons. The minimum atomic E-state index is -2.31. The van der Waals surface area contributed by atoms with Gasteiger partial charge in [0.2, 0.25) is 0 Å². The first-order chi connectivity index (χ1) is 11.2. The van der Waals surface area contributed by atoms with Gasteiger partial charge in [0.25, 0.3) is 6.43 Å². The van der Waals surface area contributed by atoms with Crippen LogP contribution in [0.15, 0.2) is 0 Å². The van der Waals surface area contributed by atoms with Crippen molar-refractivity contribution in [1.29, 1.82) is 0 Å². The molecule has 2 aliphatic rings. The zero-order chi connectivity index (χ0) is 18.0. The Bertz CT molecular complexity index is 390. The van der Waals surface area contributed by atoms with Gasteiger partial charge in [0.15, 0.2) is 0 Å². The summed E-state index contributed by atoms with van der Waals surface area (Å²) in [7, 11) is 0. The second-order valence-corrected chi connectivity index (χ2v) is 8.58. The van der Waals surface area contributed by atoms with Gasteiger partial charge in [-0.1, -0.05) is 41.5 Å². The maximum atomic E-state index is 13.3. The molecule has 2 rings (SSSR count). The molecule has 3 nitrogen and oxygen atoms in total. The number of hydrogen-bond acceptors (Lipinski definition) is 3. The van der Waals surface area contributed by atoms with Gasteiger partial charge in [0, 0.05) is 24.4 Å². The summed E-state index contributed by atoms with van der Waals surface area (Å²) in [6.45, 7) is 14.8. The van der Waals surface area contributed by atoms with E-state index in [1.54, 1.807) is 0 Å². The molecule has 0 N–H and O–H groups in total. The monoisotopic (exact) mass is 347 g/mol. The Kier molecular flexibility index (Phi) is 7.03. The summed E-state index contributed by atoms with van der Waals surface area (Å²) in [5, 5.41) is 0. The van der Waals surface area contributed by atoms with Crippen molar-refractivity contribution in [2.75, 3.05) is 26.3 Å². The molecule has 0 bridgehead atoms. The van der Waals surface area contributed by atoms with Gasteiger partial charge in [0.05, 0.1) is 32.0 Å². The zero-order valence-electron chi connectivity index (χ0n) is 16.0. The van der Waals surface area contributed by atoms with Gasteiger partial charge in [-0.05, 0) is 17.8 Å². The Labute approximate surface area is 146 Å². The van der Waals surface area contributed by atoms with Crippen molar-refractivity contribution in [3.05, 3.63) is 0 Å². The molecule has 5 atom stereocenters. The van der Waals surface area contributed by atoms with Crippen molar-refractivity contribution in [2.45, 2.75) is 66.2 Å². The lowest BCUT2D eigenvalue weighted by molar-refractivity contribution is -0.140. The first kappa shape index (κ1) is 20.1. The molecule has 5 heteroatoms. The summed E-state index contributed by atoms with van der Waals surface area (Å²) in [5.74, 6) is 1.47. The second kappa shape index (κ2) is 8.41. The molecule has 24 heavy (non-hydrogen) atoms. The topological polar surface area (TPSA) is 21.7 Å². The van der Waals surface area contributed by atoms with Crippen molar-refractivity contribution in [2.24, 2.45) is 29.6 Å². The molecule has 0 saturated carbocycles. The van der Waals surface area contributed by atoms with E-state index in [4.69, 9.17) is 9.47 Å². The highest BCUT2D eigenvalue weighted by Crippen LogP contribution is 2.38. The molecule has 5 unspecified atom stereocenters. The fourth-order valence-corrected chi connectivity index (χ4v) is 4.67. The molecule has 2 aliphatic heterocycles. The molecular formula is C19H35F2NO2. The van der Waals surface area contributed by atoms with Crippen molar-refractivity contribution >= 4 is 0 Å². The van der Waals surface area contributed by atoms with E-state index in [0.29, 0.717) is 37.5 Å². The van der Waals surface area contributed by atoms with E-state index in [-0.39, 0.29) is 36.6 Å². The Morgan fingerprint density at radius 1 is 0.958 bits per heavy atom. The Balaban J connectivity index is 2.41. The highest BCUT2D eigenvalue weighted by Gasteiger charge is 2.46. The summed E-state index contributed by atoms with van der Waals surface area (Å²) >= 11 is 0. The zero-order valence-corrected chi connectivity index (χ0v) is 16.0. The third kappa shape index (κ3) is 4.47. The van der Waals surface area contributed by atoms with E-state index in [1.807, 2.05) is 4.90 Å². The number of halogens is 2. The van der Waals surface area contributed by atoms with Crippen LogP contribution in [0.2, 0.25) is 0 Å². The molecule has 0 amide bonds. The number of alkyl halides is 2. The average Bonchev–Trinajstić information content (AvgIpc) is 2.84. The third-order valence-electron chi connectivity index (χ3n) is 5.62. The molecular weight excluding hydrogens is 312 g/mol. The Morgan fingerprint density at radius 3 is 2.12 bits per heavy atom. The average molecular weight is 347 g/mol. The molecule has 0 aromatic heterocycles. The van der Waals surface area contributed by atoms with Gasteiger partial charge >= 0.3 is 0 Å². The van der Waals surface area contributed by atoms with Crippen molar-refractivity contribution in [3.63, 3.8) is 0 Å². The lowest BCUT2D eigenvalue weighted by Crippen LogP contribution is -2.58. The molecule has 0 aromatic carbocycles. The van der Waals surface area contributed by atoms with Crippen LogP contribution in [0.5, 0.6) is 0 Å². The van der Waals surface area contributed by atoms with Crippen LogP contribution >= 0.6 is 0 Å². The highest BCUT2D eigenvalue weighted by atomic mass is 19.3. The van der Waals surface area contributed by atoms with Gasteiger partial charge in [-0.2, -0.15) is 0 Å². The van der Waals surface area contributed by atoms with Crippen LogP contribution in [0.1, 0.15) is 41.5 Å². The van der Waals surface area contributed by atoms with E-state index < -0.39 is 6.43 Å². The van der Waals surface area contributed by atoms with Crippen molar-refractivity contribution in [3.8, 4) is 0 Å². The SMILES string of the molecule is CC(C)C1OC2COCC2CN(CC(F)F)C(C(C)C)C1C(C)C. The number of fused-ring (bicyclic) bond motifs is 1. The minimum absolute atomic E-state index is 0.0342. The van der Waals surface area contributed by atoms with Crippen LogP contribution < -0.4 is 0 Å². The quantitative estimate of drug-likeness (QED) is 0.752. The first-order valence-corrected chi connectivity index (χ1v) is 9.47. The second-order valence-electron chi connectivity index (χ2n) is 8.58. The first-order valence-electron chi connectivity index (χ1n) is 9.47. The number of rotatable bonds is 5. The predicted octanol–water partition coefficient (Wildman–Crippen LogP) is 3.92. The van der Waals surface area contributed by atoms with Crippen LogP contribution in [0.25, 0.3) is 0 Å². The normalized spacial score (nSPS) is 35.8. The van der Waals surface area contributed by atoms with Crippen LogP contribution in [0, 0.1) is 29.6 Å².